The minimum Gasteiger partial charge on any atom is -0.325 e. The zero-order valence-electron chi connectivity index (χ0n) is 15.9. The third kappa shape index (κ3) is 5.27. The van der Waals surface area contributed by atoms with Crippen LogP contribution < -0.4 is 5.32 Å². The number of hydrogen-bond donors (Lipinski definition) is 1. The molecule has 3 aromatic rings. The maximum absolute atomic E-state index is 13.0. The number of sulfone groups is 1. The highest BCUT2D eigenvalue weighted by molar-refractivity contribution is 7.90. The lowest BCUT2D eigenvalue weighted by molar-refractivity contribution is -0.115. The Morgan fingerprint density at radius 1 is 0.900 bits per heavy atom. The Bertz CT molecular complexity index is 1220. The molecule has 5 nitrogen and oxygen atoms in total. The van der Waals surface area contributed by atoms with E-state index in [4.69, 9.17) is 23.2 Å². The molecular formula is C22H17Cl2NO4S. The van der Waals surface area contributed by atoms with Crippen LogP contribution >= 0.6 is 23.2 Å². The van der Waals surface area contributed by atoms with Crippen molar-refractivity contribution in [2.45, 2.75) is 11.3 Å². The van der Waals surface area contributed by atoms with E-state index in [2.05, 4.69) is 5.32 Å². The van der Waals surface area contributed by atoms with E-state index in [1.807, 2.05) is 0 Å². The van der Waals surface area contributed by atoms with E-state index in [-0.39, 0.29) is 28.6 Å². The van der Waals surface area contributed by atoms with Crippen molar-refractivity contribution in [3.05, 3.63) is 93.5 Å². The molecule has 0 spiro atoms. The van der Waals surface area contributed by atoms with E-state index in [0.29, 0.717) is 26.9 Å². The molecule has 0 unspecified atom stereocenters. The standard InChI is InChI=1S/C22H17Cl2NO4S/c1-30(28,29)16-9-6-14(7-10-16)12-21(26)25-20-11-8-15(23)13-18(20)22(27)17-4-2-3-5-19(17)24/h2-11,13H,12H2,1H3,(H,25,26). The summed E-state index contributed by atoms with van der Waals surface area (Å²) in [5, 5.41) is 3.37. The van der Waals surface area contributed by atoms with Gasteiger partial charge in [-0.25, -0.2) is 8.42 Å². The molecule has 30 heavy (non-hydrogen) atoms. The largest absolute Gasteiger partial charge is 0.325 e. The van der Waals surface area contributed by atoms with Crippen molar-refractivity contribution in [3.8, 4) is 0 Å². The summed E-state index contributed by atoms with van der Waals surface area (Å²) in [6.45, 7) is 0. The van der Waals surface area contributed by atoms with Crippen molar-refractivity contribution >= 4 is 50.4 Å². The zero-order valence-corrected chi connectivity index (χ0v) is 18.2. The number of halogens is 2. The number of rotatable bonds is 6. The van der Waals surface area contributed by atoms with Crippen LogP contribution in [0.1, 0.15) is 21.5 Å². The number of benzene rings is 3. The number of carbonyl (C=O) groups is 2. The van der Waals surface area contributed by atoms with Gasteiger partial charge in [0, 0.05) is 22.4 Å². The minimum absolute atomic E-state index is 0.00634. The van der Waals surface area contributed by atoms with Gasteiger partial charge >= 0.3 is 0 Å². The molecule has 154 valence electrons. The van der Waals surface area contributed by atoms with Crippen LogP contribution in [0.4, 0.5) is 5.69 Å². The molecule has 3 rings (SSSR count). The van der Waals surface area contributed by atoms with E-state index in [9.17, 15) is 18.0 Å². The van der Waals surface area contributed by atoms with Gasteiger partial charge in [0.15, 0.2) is 15.6 Å². The average molecular weight is 462 g/mol. The van der Waals surface area contributed by atoms with E-state index in [1.54, 1.807) is 48.5 Å². The second kappa shape index (κ2) is 9.00. The molecule has 1 N–H and O–H groups in total. The van der Waals surface area contributed by atoms with Gasteiger partial charge in [-0.05, 0) is 48.0 Å². The molecule has 0 saturated carbocycles. The molecule has 0 aliphatic heterocycles. The first-order chi connectivity index (χ1) is 14.1. The summed E-state index contributed by atoms with van der Waals surface area (Å²) in [4.78, 5) is 25.7. The SMILES string of the molecule is CS(=O)(=O)c1ccc(CC(=O)Nc2ccc(Cl)cc2C(=O)c2ccccc2Cl)cc1. The normalized spacial score (nSPS) is 11.2. The van der Waals surface area contributed by atoms with Gasteiger partial charge in [0.2, 0.25) is 5.91 Å². The van der Waals surface area contributed by atoms with Crippen LogP contribution in [-0.2, 0) is 21.1 Å². The first-order valence-corrected chi connectivity index (χ1v) is 11.5. The minimum atomic E-state index is -3.31. The molecule has 3 aromatic carbocycles. The molecule has 0 saturated heterocycles. The molecule has 0 atom stereocenters. The Morgan fingerprint density at radius 2 is 1.57 bits per heavy atom. The topological polar surface area (TPSA) is 80.3 Å². The lowest BCUT2D eigenvalue weighted by Crippen LogP contribution is -2.17. The van der Waals surface area contributed by atoms with Crippen molar-refractivity contribution in [2.75, 3.05) is 11.6 Å². The molecule has 1 amide bonds. The average Bonchev–Trinajstić information content (AvgIpc) is 2.69. The van der Waals surface area contributed by atoms with Crippen molar-refractivity contribution in [2.24, 2.45) is 0 Å². The van der Waals surface area contributed by atoms with Gasteiger partial charge < -0.3 is 5.32 Å². The van der Waals surface area contributed by atoms with Crippen LogP contribution in [0, 0.1) is 0 Å². The Kier molecular flexibility index (Phi) is 6.61. The molecule has 0 radical (unpaired) electrons. The third-order valence-electron chi connectivity index (χ3n) is 4.33. The second-order valence-corrected chi connectivity index (χ2v) is 9.50. The quantitative estimate of drug-likeness (QED) is 0.534. The maximum Gasteiger partial charge on any atom is 0.228 e. The molecule has 0 aliphatic rings. The van der Waals surface area contributed by atoms with Gasteiger partial charge in [0.1, 0.15) is 0 Å². The van der Waals surface area contributed by atoms with Gasteiger partial charge in [-0.3, -0.25) is 9.59 Å². The smallest absolute Gasteiger partial charge is 0.228 e. The van der Waals surface area contributed by atoms with Gasteiger partial charge in [0.25, 0.3) is 0 Å². The molecule has 0 fully saturated rings. The molecule has 8 heteroatoms. The van der Waals surface area contributed by atoms with Crippen LogP contribution in [0.5, 0.6) is 0 Å². The van der Waals surface area contributed by atoms with E-state index >= 15 is 0 Å². The number of carbonyl (C=O) groups excluding carboxylic acids is 2. The Hall–Kier alpha value is -2.67. The summed E-state index contributed by atoms with van der Waals surface area (Å²) < 4.78 is 23.1. The number of hydrogen-bond acceptors (Lipinski definition) is 4. The summed E-state index contributed by atoms with van der Waals surface area (Å²) in [7, 11) is -3.31. The molecular weight excluding hydrogens is 445 g/mol. The highest BCUT2D eigenvalue weighted by Gasteiger charge is 2.18. The van der Waals surface area contributed by atoms with Crippen molar-refractivity contribution < 1.29 is 18.0 Å². The van der Waals surface area contributed by atoms with Crippen LogP contribution in [-0.4, -0.2) is 26.4 Å². The summed E-state index contributed by atoms with van der Waals surface area (Å²) in [5.41, 5.74) is 1.46. The maximum atomic E-state index is 13.0. The summed E-state index contributed by atoms with van der Waals surface area (Å²) in [6, 6.07) is 17.3. The first kappa shape index (κ1) is 22.0. The number of anilines is 1. The van der Waals surface area contributed by atoms with Gasteiger partial charge in [0.05, 0.1) is 22.0 Å². The summed E-state index contributed by atoms with van der Waals surface area (Å²) >= 11 is 12.2. The van der Waals surface area contributed by atoms with Crippen LogP contribution in [0.25, 0.3) is 0 Å². The fraction of sp³-hybridized carbons (Fsp3) is 0.0909. The fourth-order valence-electron chi connectivity index (χ4n) is 2.84. The Balaban J connectivity index is 1.82. The summed E-state index contributed by atoms with van der Waals surface area (Å²) in [6.07, 6.45) is 1.12. The van der Waals surface area contributed by atoms with Crippen LogP contribution in [0.3, 0.4) is 0 Å². The second-order valence-electron chi connectivity index (χ2n) is 6.64. The highest BCUT2D eigenvalue weighted by Crippen LogP contribution is 2.26. The lowest BCUT2D eigenvalue weighted by Gasteiger charge is -2.12. The Labute approximate surface area is 184 Å². The molecule has 0 bridgehead atoms. The number of amides is 1. The van der Waals surface area contributed by atoms with Gasteiger partial charge in [-0.2, -0.15) is 0 Å². The van der Waals surface area contributed by atoms with Gasteiger partial charge in [-0.15, -0.1) is 0 Å². The van der Waals surface area contributed by atoms with E-state index < -0.39 is 9.84 Å². The Morgan fingerprint density at radius 3 is 2.20 bits per heavy atom. The molecule has 0 heterocycles. The summed E-state index contributed by atoms with van der Waals surface area (Å²) in [5.74, 6) is -0.728. The fourth-order valence-corrected chi connectivity index (χ4v) is 3.86. The first-order valence-electron chi connectivity index (χ1n) is 8.83. The van der Waals surface area contributed by atoms with Crippen molar-refractivity contribution in [1.29, 1.82) is 0 Å². The van der Waals surface area contributed by atoms with Gasteiger partial charge in [-0.1, -0.05) is 47.5 Å². The van der Waals surface area contributed by atoms with E-state index in [1.165, 1.54) is 18.2 Å². The monoisotopic (exact) mass is 461 g/mol. The highest BCUT2D eigenvalue weighted by atomic mass is 35.5. The third-order valence-corrected chi connectivity index (χ3v) is 6.03. The van der Waals surface area contributed by atoms with Crippen LogP contribution in [0.15, 0.2) is 71.6 Å². The lowest BCUT2D eigenvalue weighted by atomic mass is 10.0. The van der Waals surface area contributed by atoms with Crippen LogP contribution in [0.2, 0.25) is 10.0 Å². The van der Waals surface area contributed by atoms with Crippen molar-refractivity contribution in [1.82, 2.24) is 0 Å². The zero-order chi connectivity index (χ0) is 21.9. The van der Waals surface area contributed by atoms with E-state index in [0.717, 1.165) is 6.26 Å². The predicted molar refractivity (Wildman–Crippen MR) is 118 cm³/mol. The molecule has 0 aliphatic carbocycles. The number of ketones is 1. The number of nitrogens with one attached hydrogen (secondary N) is 1. The molecule has 0 aromatic heterocycles. The van der Waals surface area contributed by atoms with Crippen molar-refractivity contribution in [3.63, 3.8) is 0 Å². The predicted octanol–water partition coefficient (Wildman–Crippen LogP) is 4.81.